The molecule has 0 aromatic heterocycles. The fourth-order valence-corrected chi connectivity index (χ4v) is 2.27. The molecule has 1 N–H and O–H groups in total. The van der Waals surface area contributed by atoms with Crippen molar-refractivity contribution in [2.75, 3.05) is 6.54 Å². The van der Waals surface area contributed by atoms with Crippen LogP contribution in [0.3, 0.4) is 0 Å². The van der Waals surface area contributed by atoms with Gasteiger partial charge in [0.15, 0.2) is 0 Å². The second-order valence-electron chi connectivity index (χ2n) is 5.30. The smallest absolute Gasteiger partial charge is 0.0405 e. The molecule has 1 aromatic carbocycles. The van der Waals surface area contributed by atoms with Crippen molar-refractivity contribution in [3.63, 3.8) is 0 Å². The second-order valence-corrected chi connectivity index (χ2v) is 5.30. The van der Waals surface area contributed by atoms with E-state index in [4.69, 9.17) is 0 Å². The molecule has 0 saturated carbocycles. The van der Waals surface area contributed by atoms with Gasteiger partial charge < -0.3 is 5.32 Å². The predicted octanol–water partition coefficient (Wildman–Crippen LogP) is 5.09. The molecule has 0 aliphatic heterocycles. The van der Waals surface area contributed by atoms with Crippen LogP contribution >= 0.6 is 0 Å². The molecule has 0 radical (unpaired) electrons. The van der Waals surface area contributed by atoms with Crippen molar-refractivity contribution in [1.82, 2.24) is 5.32 Å². The number of nitrogens with one attached hydrogen (secondary N) is 1. The number of unbranched alkanes of at least 4 members (excludes halogenated alkanes) is 1. The highest BCUT2D eigenvalue weighted by molar-refractivity contribution is 5.70. The first-order chi connectivity index (χ1) is 9.13. The Morgan fingerprint density at radius 2 is 1.89 bits per heavy atom. The van der Waals surface area contributed by atoms with Crippen LogP contribution in [0.15, 0.2) is 23.8 Å². The van der Waals surface area contributed by atoms with Gasteiger partial charge in [-0.2, -0.15) is 0 Å². The lowest BCUT2D eigenvalue weighted by atomic mass is 9.96. The normalized spacial score (nSPS) is 12.3. The van der Waals surface area contributed by atoms with Crippen LogP contribution in [0.5, 0.6) is 0 Å². The van der Waals surface area contributed by atoms with Gasteiger partial charge in [-0.1, -0.05) is 44.9 Å². The highest BCUT2D eigenvalue weighted by Crippen LogP contribution is 2.24. The van der Waals surface area contributed by atoms with E-state index in [1.165, 1.54) is 40.8 Å². The third-order valence-electron chi connectivity index (χ3n) is 3.70. The third kappa shape index (κ3) is 4.41. The van der Waals surface area contributed by atoms with Crippen molar-refractivity contribution in [3.8, 4) is 0 Å². The number of rotatable bonds is 7. The lowest BCUT2D eigenvalue weighted by molar-refractivity contribution is 0.740. The Kier molecular flexibility index (Phi) is 6.69. The summed E-state index contributed by atoms with van der Waals surface area (Å²) in [4.78, 5) is 0. The van der Waals surface area contributed by atoms with Crippen LogP contribution in [0.4, 0.5) is 0 Å². The summed E-state index contributed by atoms with van der Waals surface area (Å²) in [7, 11) is 0. The van der Waals surface area contributed by atoms with Gasteiger partial charge in [-0.3, -0.25) is 0 Å². The third-order valence-corrected chi connectivity index (χ3v) is 3.70. The van der Waals surface area contributed by atoms with Gasteiger partial charge in [-0.05, 0) is 50.3 Å². The molecule has 0 aliphatic rings. The van der Waals surface area contributed by atoms with Crippen molar-refractivity contribution in [3.05, 3.63) is 40.5 Å². The van der Waals surface area contributed by atoms with Crippen LogP contribution in [0.25, 0.3) is 5.70 Å². The summed E-state index contributed by atoms with van der Waals surface area (Å²) in [6.45, 7) is 12.2. The Balaban J connectivity index is 3.13. The molecule has 0 saturated heterocycles. The van der Waals surface area contributed by atoms with E-state index in [9.17, 15) is 0 Å². The summed E-state index contributed by atoms with van der Waals surface area (Å²) in [5, 5.41) is 3.67. The van der Waals surface area contributed by atoms with Gasteiger partial charge in [0.05, 0.1) is 0 Å². The Labute approximate surface area is 119 Å². The average molecular weight is 259 g/mol. The summed E-state index contributed by atoms with van der Waals surface area (Å²) in [6.07, 6.45) is 4.66. The summed E-state index contributed by atoms with van der Waals surface area (Å²) < 4.78 is 0. The molecule has 0 aliphatic carbocycles. The summed E-state index contributed by atoms with van der Waals surface area (Å²) >= 11 is 0. The Morgan fingerprint density at radius 3 is 2.47 bits per heavy atom. The second kappa shape index (κ2) is 8.04. The highest BCUT2D eigenvalue weighted by atomic mass is 14.9. The van der Waals surface area contributed by atoms with Crippen LogP contribution in [0.1, 0.15) is 63.6 Å². The molecule has 1 rings (SSSR count). The molecule has 0 fully saturated rings. The van der Waals surface area contributed by atoms with E-state index < -0.39 is 0 Å². The van der Waals surface area contributed by atoms with Crippen molar-refractivity contribution in [1.29, 1.82) is 0 Å². The van der Waals surface area contributed by atoms with Gasteiger partial charge in [-0.15, -0.1) is 0 Å². The van der Waals surface area contributed by atoms with E-state index in [2.05, 4.69) is 58.1 Å². The lowest BCUT2D eigenvalue weighted by Gasteiger charge is -2.18. The summed E-state index contributed by atoms with van der Waals surface area (Å²) in [6, 6.07) is 6.81. The minimum absolute atomic E-state index is 1.07. The zero-order valence-corrected chi connectivity index (χ0v) is 13.3. The van der Waals surface area contributed by atoms with Gasteiger partial charge in [0.25, 0.3) is 0 Å². The van der Waals surface area contributed by atoms with Crippen LogP contribution in [0.2, 0.25) is 0 Å². The van der Waals surface area contributed by atoms with Crippen LogP contribution in [-0.2, 0) is 6.42 Å². The van der Waals surface area contributed by atoms with Crippen molar-refractivity contribution >= 4 is 5.70 Å². The van der Waals surface area contributed by atoms with Gasteiger partial charge >= 0.3 is 0 Å². The first-order valence-corrected chi connectivity index (χ1v) is 7.67. The topological polar surface area (TPSA) is 12.0 Å². The molecule has 1 aromatic rings. The molecule has 0 unspecified atom stereocenters. The largest absolute Gasteiger partial charge is 0.385 e. The van der Waals surface area contributed by atoms with Gasteiger partial charge in [0.2, 0.25) is 0 Å². The first kappa shape index (κ1) is 15.8. The van der Waals surface area contributed by atoms with Crippen LogP contribution in [0, 0.1) is 6.92 Å². The molecule has 106 valence electrons. The average Bonchev–Trinajstić information content (AvgIpc) is 2.43. The van der Waals surface area contributed by atoms with Crippen LogP contribution < -0.4 is 5.32 Å². The molecule has 0 spiro atoms. The maximum absolute atomic E-state index is 3.67. The number of benzene rings is 1. The van der Waals surface area contributed by atoms with Crippen molar-refractivity contribution in [2.24, 2.45) is 0 Å². The van der Waals surface area contributed by atoms with E-state index in [1.807, 2.05) is 0 Å². The van der Waals surface area contributed by atoms with Gasteiger partial charge in [-0.25, -0.2) is 0 Å². The van der Waals surface area contributed by atoms with Gasteiger partial charge in [0, 0.05) is 17.8 Å². The first-order valence-electron chi connectivity index (χ1n) is 7.67. The monoisotopic (exact) mass is 259 g/mol. The molecule has 0 amide bonds. The number of allylic oxidation sites excluding steroid dienone is 1. The van der Waals surface area contributed by atoms with Crippen molar-refractivity contribution < 1.29 is 0 Å². The summed E-state index contributed by atoms with van der Waals surface area (Å²) in [5.74, 6) is 0. The van der Waals surface area contributed by atoms with E-state index in [0.717, 1.165) is 19.4 Å². The molecule has 0 atom stereocenters. The number of hydrogen-bond acceptors (Lipinski definition) is 1. The summed E-state index contributed by atoms with van der Waals surface area (Å²) in [5.41, 5.74) is 6.99. The lowest BCUT2D eigenvalue weighted by Crippen LogP contribution is -2.16. The molecule has 0 bridgehead atoms. The number of aryl methyl sites for hydroxylation is 2. The Bertz CT molecular complexity index is 429. The maximum Gasteiger partial charge on any atom is 0.0405 e. The maximum atomic E-state index is 3.67. The fraction of sp³-hybridized carbons (Fsp3) is 0.556. The Hall–Kier alpha value is -1.24. The number of hydrogen-bond donors (Lipinski definition) is 1. The molecule has 1 heteroatoms. The fourth-order valence-electron chi connectivity index (χ4n) is 2.27. The van der Waals surface area contributed by atoms with Gasteiger partial charge in [0.1, 0.15) is 0 Å². The quantitative estimate of drug-likeness (QED) is 0.673. The van der Waals surface area contributed by atoms with Crippen LogP contribution in [-0.4, -0.2) is 6.54 Å². The van der Waals surface area contributed by atoms with E-state index in [1.54, 1.807) is 0 Å². The standard InChI is InChI=1S/C18H29N/c1-6-9-12-19-18(15(5)7-2)17-13-14(4)10-11-16(17)8-3/h10-11,13,19H,6-9,12H2,1-5H3/b18-15-. The van der Waals surface area contributed by atoms with E-state index >= 15 is 0 Å². The molecule has 1 nitrogen and oxygen atoms in total. The zero-order valence-electron chi connectivity index (χ0n) is 13.3. The van der Waals surface area contributed by atoms with E-state index in [0.29, 0.717) is 0 Å². The zero-order chi connectivity index (χ0) is 14.3. The minimum Gasteiger partial charge on any atom is -0.385 e. The molecule has 19 heavy (non-hydrogen) atoms. The predicted molar refractivity (Wildman–Crippen MR) is 86.4 cm³/mol. The highest BCUT2D eigenvalue weighted by Gasteiger charge is 2.09. The SMILES string of the molecule is CCCCN/C(=C(/C)CC)c1cc(C)ccc1CC. The van der Waals surface area contributed by atoms with Crippen molar-refractivity contribution in [2.45, 2.75) is 60.3 Å². The molecular weight excluding hydrogens is 230 g/mol. The minimum atomic E-state index is 1.07. The van der Waals surface area contributed by atoms with E-state index in [-0.39, 0.29) is 0 Å². The Morgan fingerprint density at radius 1 is 1.16 bits per heavy atom. The molecule has 0 heterocycles. The molecular formula is C18H29N.